The van der Waals surface area contributed by atoms with Gasteiger partial charge in [0, 0.05) is 0 Å². The minimum absolute atomic E-state index is 0.372. The molecular formula is C13H19ClFN3. The van der Waals surface area contributed by atoms with E-state index in [2.05, 4.69) is 10.1 Å². The maximum absolute atomic E-state index is 12.6. The zero-order valence-corrected chi connectivity index (χ0v) is 12.2. The summed E-state index contributed by atoms with van der Waals surface area (Å²) in [6, 6.07) is 2.87. The maximum atomic E-state index is 12.6. The topological polar surface area (TPSA) is 30.7 Å². The van der Waals surface area contributed by atoms with Crippen LogP contribution in [0.1, 0.15) is 33.4 Å². The fourth-order valence-electron chi connectivity index (χ4n) is 1.06. The van der Waals surface area contributed by atoms with Crippen LogP contribution in [0.5, 0.6) is 0 Å². The molecule has 2 heterocycles. The van der Waals surface area contributed by atoms with Gasteiger partial charge < -0.3 is 0 Å². The highest BCUT2D eigenvalue weighted by molar-refractivity contribution is 6.31. The summed E-state index contributed by atoms with van der Waals surface area (Å²) in [5.74, 6) is 0.171. The normalized spacial score (nSPS) is 8.83. The third kappa shape index (κ3) is 4.45. The van der Waals surface area contributed by atoms with Crippen LogP contribution >= 0.6 is 11.6 Å². The van der Waals surface area contributed by atoms with E-state index in [4.69, 9.17) is 11.6 Å². The Bertz CT molecular complexity index is 432. The van der Waals surface area contributed by atoms with Crippen molar-refractivity contribution in [2.75, 3.05) is 0 Å². The third-order valence-electron chi connectivity index (χ3n) is 1.79. The Morgan fingerprint density at radius 1 is 1.17 bits per heavy atom. The summed E-state index contributed by atoms with van der Waals surface area (Å²) < 4.78 is 14.1. The standard InChI is InChI=1S/C9H7ClFN3.2C2H6/c1-6-8(10)5-14(13-6)9-3-2-7(11)4-12-9;2*1-2/h2-5H,1H3;2*1-2H3. The summed E-state index contributed by atoms with van der Waals surface area (Å²) >= 11 is 5.83. The Morgan fingerprint density at radius 3 is 2.17 bits per heavy atom. The lowest BCUT2D eigenvalue weighted by atomic mass is 10.4. The second-order valence-corrected chi connectivity index (χ2v) is 3.25. The number of hydrogen-bond donors (Lipinski definition) is 0. The average Bonchev–Trinajstić information content (AvgIpc) is 2.75. The van der Waals surface area contributed by atoms with Gasteiger partial charge in [0.05, 0.1) is 23.1 Å². The van der Waals surface area contributed by atoms with Gasteiger partial charge in [-0.25, -0.2) is 14.1 Å². The number of aromatic nitrogens is 3. The van der Waals surface area contributed by atoms with E-state index in [1.807, 2.05) is 27.7 Å². The van der Waals surface area contributed by atoms with E-state index in [0.29, 0.717) is 10.8 Å². The van der Waals surface area contributed by atoms with Crippen LogP contribution in [-0.4, -0.2) is 14.8 Å². The van der Waals surface area contributed by atoms with Crippen LogP contribution < -0.4 is 0 Å². The van der Waals surface area contributed by atoms with Crippen LogP contribution in [-0.2, 0) is 0 Å². The van der Waals surface area contributed by atoms with E-state index in [1.165, 1.54) is 16.8 Å². The molecule has 0 radical (unpaired) electrons. The molecule has 0 unspecified atom stereocenters. The quantitative estimate of drug-likeness (QED) is 0.769. The van der Waals surface area contributed by atoms with Gasteiger partial charge in [0.25, 0.3) is 0 Å². The van der Waals surface area contributed by atoms with Crippen LogP contribution in [0, 0.1) is 12.7 Å². The van der Waals surface area contributed by atoms with Crippen LogP contribution in [0.25, 0.3) is 5.82 Å². The molecule has 0 saturated carbocycles. The molecule has 0 aliphatic heterocycles. The average molecular weight is 272 g/mol. The van der Waals surface area contributed by atoms with Gasteiger partial charge in [-0.3, -0.25) is 0 Å². The van der Waals surface area contributed by atoms with Crippen molar-refractivity contribution in [3.05, 3.63) is 41.1 Å². The molecule has 100 valence electrons. The summed E-state index contributed by atoms with van der Waals surface area (Å²) in [6.07, 6.45) is 2.78. The van der Waals surface area contributed by atoms with Crippen molar-refractivity contribution < 1.29 is 4.39 Å². The summed E-state index contributed by atoms with van der Waals surface area (Å²) in [5, 5.41) is 4.68. The predicted octanol–water partition coefficient (Wildman–Crippen LogP) is 4.42. The highest BCUT2D eigenvalue weighted by Gasteiger charge is 2.04. The molecule has 0 fully saturated rings. The van der Waals surface area contributed by atoms with E-state index in [1.54, 1.807) is 13.1 Å². The van der Waals surface area contributed by atoms with E-state index in [9.17, 15) is 4.39 Å². The van der Waals surface area contributed by atoms with Gasteiger partial charge >= 0.3 is 0 Å². The molecule has 0 saturated heterocycles. The fraction of sp³-hybridized carbons (Fsp3) is 0.385. The van der Waals surface area contributed by atoms with Crippen molar-refractivity contribution in [1.82, 2.24) is 14.8 Å². The van der Waals surface area contributed by atoms with Gasteiger partial charge in [0.1, 0.15) is 5.82 Å². The first-order valence-electron chi connectivity index (χ1n) is 6.00. The van der Waals surface area contributed by atoms with E-state index in [-0.39, 0.29) is 5.82 Å². The number of pyridine rings is 1. The Labute approximate surface area is 113 Å². The first-order valence-corrected chi connectivity index (χ1v) is 6.38. The Hall–Kier alpha value is -1.42. The van der Waals surface area contributed by atoms with E-state index < -0.39 is 0 Å². The molecule has 0 aliphatic rings. The van der Waals surface area contributed by atoms with Gasteiger partial charge in [-0.15, -0.1) is 0 Å². The Balaban J connectivity index is 0.000000659. The molecule has 0 N–H and O–H groups in total. The number of aryl methyl sites for hydroxylation is 1. The molecule has 3 nitrogen and oxygen atoms in total. The first kappa shape index (κ1) is 16.6. The smallest absolute Gasteiger partial charge is 0.153 e. The zero-order chi connectivity index (χ0) is 14.1. The summed E-state index contributed by atoms with van der Waals surface area (Å²) in [5.41, 5.74) is 0.720. The fourth-order valence-corrected chi connectivity index (χ4v) is 1.19. The number of hydrogen-bond acceptors (Lipinski definition) is 2. The van der Waals surface area contributed by atoms with E-state index in [0.717, 1.165) is 11.9 Å². The van der Waals surface area contributed by atoms with Gasteiger partial charge in [0.2, 0.25) is 0 Å². The zero-order valence-electron chi connectivity index (χ0n) is 11.4. The molecule has 5 heteroatoms. The van der Waals surface area contributed by atoms with Crippen LogP contribution in [0.15, 0.2) is 24.5 Å². The number of halogens is 2. The molecule has 0 aromatic carbocycles. The lowest BCUT2D eigenvalue weighted by Crippen LogP contribution is -1.97. The summed E-state index contributed by atoms with van der Waals surface area (Å²) in [4.78, 5) is 3.87. The van der Waals surface area contributed by atoms with Crippen molar-refractivity contribution in [1.29, 1.82) is 0 Å². The molecule has 0 amide bonds. The molecule has 0 spiro atoms. The summed E-state index contributed by atoms with van der Waals surface area (Å²) in [6.45, 7) is 9.79. The van der Waals surface area contributed by atoms with Crippen LogP contribution in [0.2, 0.25) is 5.02 Å². The highest BCUT2D eigenvalue weighted by Crippen LogP contribution is 2.14. The largest absolute Gasteiger partial charge is 0.234 e. The van der Waals surface area contributed by atoms with E-state index >= 15 is 0 Å². The summed E-state index contributed by atoms with van der Waals surface area (Å²) in [7, 11) is 0. The molecule has 0 atom stereocenters. The van der Waals surface area contributed by atoms with Crippen molar-refractivity contribution in [2.45, 2.75) is 34.6 Å². The minimum atomic E-state index is -0.372. The van der Waals surface area contributed by atoms with Gasteiger partial charge in [0.15, 0.2) is 5.82 Å². The monoisotopic (exact) mass is 271 g/mol. The van der Waals surface area contributed by atoms with Crippen molar-refractivity contribution >= 4 is 11.6 Å². The van der Waals surface area contributed by atoms with Gasteiger partial charge in [-0.05, 0) is 19.1 Å². The molecule has 2 rings (SSSR count). The molecule has 18 heavy (non-hydrogen) atoms. The SMILES string of the molecule is CC.CC.Cc1nn(-c2ccc(F)cn2)cc1Cl. The Kier molecular flexibility index (Phi) is 7.96. The van der Waals surface area contributed by atoms with Crippen LogP contribution in [0.4, 0.5) is 4.39 Å². The predicted molar refractivity (Wildman–Crippen MR) is 73.8 cm³/mol. The van der Waals surface area contributed by atoms with Crippen molar-refractivity contribution in [3.8, 4) is 5.82 Å². The second-order valence-electron chi connectivity index (χ2n) is 2.84. The molecule has 0 bridgehead atoms. The number of rotatable bonds is 1. The minimum Gasteiger partial charge on any atom is -0.234 e. The lowest BCUT2D eigenvalue weighted by molar-refractivity contribution is 0.619. The molecule has 2 aromatic heterocycles. The van der Waals surface area contributed by atoms with Gasteiger partial charge in [-0.1, -0.05) is 39.3 Å². The number of nitrogens with zero attached hydrogens (tertiary/aromatic N) is 3. The van der Waals surface area contributed by atoms with Crippen LogP contribution in [0.3, 0.4) is 0 Å². The lowest BCUT2D eigenvalue weighted by Gasteiger charge is -1.98. The maximum Gasteiger partial charge on any atom is 0.153 e. The van der Waals surface area contributed by atoms with Gasteiger partial charge in [-0.2, -0.15) is 5.10 Å². The Morgan fingerprint density at radius 2 is 1.78 bits per heavy atom. The third-order valence-corrected chi connectivity index (χ3v) is 2.16. The highest BCUT2D eigenvalue weighted by atomic mass is 35.5. The molecular weight excluding hydrogens is 253 g/mol. The first-order chi connectivity index (χ1) is 8.66. The van der Waals surface area contributed by atoms with Crippen molar-refractivity contribution in [3.63, 3.8) is 0 Å². The second kappa shape index (κ2) is 8.64. The molecule has 2 aromatic rings. The van der Waals surface area contributed by atoms with Crippen molar-refractivity contribution in [2.24, 2.45) is 0 Å². The molecule has 0 aliphatic carbocycles.